The van der Waals surface area contributed by atoms with Crippen molar-refractivity contribution < 1.29 is 4.92 Å². The lowest BCUT2D eigenvalue weighted by Gasteiger charge is -2.40. The average Bonchev–Trinajstić information content (AvgIpc) is 2.41. The van der Waals surface area contributed by atoms with E-state index in [-0.39, 0.29) is 22.1 Å². The van der Waals surface area contributed by atoms with E-state index in [4.69, 9.17) is 0 Å². The molecule has 0 aliphatic heterocycles. The molecule has 0 amide bonds. The molecular weight excluding hydrogens is 252 g/mol. The number of benzene rings is 1. The third-order valence-electron chi connectivity index (χ3n) is 4.56. The minimum Gasteiger partial charge on any atom is -0.307 e. The summed E-state index contributed by atoms with van der Waals surface area (Å²) in [6.07, 6.45) is 4.89. The summed E-state index contributed by atoms with van der Waals surface area (Å²) < 4.78 is 0. The monoisotopic (exact) mass is 276 g/mol. The number of rotatable bonds is 4. The van der Waals surface area contributed by atoms with Crippen molar-refractivity contribution >= 4 is 5.69 Å². The van der Waals surface area contributed by atoms with E-state index >= 15 is 0 Å². The number of nitro groups is 1. The fourth-order valence-electron chi connectivity index (χ4n) is 3.21. The second-order valence-corrected chi connectivity index (χ2v) is 6.49. The van der Waals surface area contributed by atoms with E-state index in [1.165, 1.54) is 19.3 Å². The van der Waals surface area contributed by atoms with Crippen molar-refractivity contribution in [3.8, 4) is 0 Å². The van der Waals surface area contributed by atoms with Crippen LogP contribution in [0.2, 0.25) is 0 Å². The molecule has 0 aromatic heterocycles. The number of nitrogens with one attached hydrogen (secondary N) is 1. The molecule has 0 bridgehead atoms. The molecule has 0 radical (unpaired) electrons. The molecule has 1 aromatic carbocycles. The van der Waals surface area contributed by atoms with Gasteiger partial charge in [-0.2, -0.15) is 0 Å². The Morgan fingerprint density at radius 3 is 2.70 bits per heavy atom. The van der Waals surface area contributed by atoms with Crippen LogP contribution in [0.5, 0.6) is 0 Å². The summed E-state index contributed by atoms with van der Waals surface area (Å²) in [5, 5.41) is 14.7. The second-order valence-electron chi connectivity index (χ2n) is 6.49. The minimum atomic E-state index is -0.292. The molecular formula is C16H24N2O2. The van der Waals surface area contributed by atoms with Crippen molar-refractivity contribution in [1.82, 2.24) is 5.32 Å². The largest absolute Gasteiger partial charge is 0.307 e. The molecule has 2 unspecified atom stereocenters. The Hall–Kier alpha value is -1.42. The van der Waals surface area contributed by atoms with Gasteiger partial charge in [0.25, 0.3) is 5.69 Å². The fraction of sp³-hybridized carbons (Fsp3) is 0.625. The van der Waals surface area contributed by atoms with Gasteiger partial charge in [0.2, 0.25) is 0 Å². The normalized spacial score (nSPS) is 23.2. The molecule has 110 valence electrons. The van der Waals surface area contributed by atoms with Gasteiger partial charge in [-0.15, -0.1) is 0 Å². The predicted octanol–water partition coefficient (Wildman–Crippen LogP) is 4.21. The highest BCUT2D eigenvalue weighted by Crippen LogP contribution is 2.37. The molecule has 0 heterocycles. The first kappa shape index (κ1) is 15.0. The molecule has 2 atom stereocenters. The highest BCUT2D eigenvalue weighted by molar-refractivity contribution is 5.41. The van der Waals surface area contributed by atoms with Gasteiger partial charge in [-0.25, -0.2) is 0 Å². The Balaban J connectivity index is 2.16. The number of hydrogen-bond donors (Lipinski definition) is 1. The Morgan fingerprint density at radius 2 is 2.05 bits per heavy atom. The molecule has 1 saturated carbocycles. The van der Waals surface area contributed by atoms with Crippen LogP contribution in [0.1, 0.15) is 58.1 Å². The lowest BCUT2D eigenvalue weighted by Crippen LogP contribution is -2.45. The van der Waals surface area contributed by atoms with Gasteiger partial charge in [-0.05, 0) is 25.2 Å². The van der Waals surface area contributed by atoms with Crippen molar-refractivity contribution in [2.75, 3.05) is 0 Å². The first-order valence-corrected chi connectivity index (χ1v) is 7.41. The highest BCUT2D eigenvalue weighted by Gasteiger charge is 2.33. The fourth-order valence-corrected chi connectivity index (χ4v) is 3.21. The van der Waals surface area contributed by atoms with Crippen LogP contribution >= 0.6 is 0 Å². The number of nitro benzene ring substituents is 1. The summed E-state index contributed by atoms with van der Waals surface area (Å²) >= 11 is 0. The predicted molar refractivity (Wildman–Crippen MR) is 80.7 cm³/mol. The molecule has 4 nitrogen and oxygen atoms in total. The van der Waals surface area contributed by atoms with Crippen molar-refractivity contribution in [2.24, 2.45) is 5.41 Å². The van der Waals surface area contributed by atoms with Crippen LogP contribution in [0.3, 0.4) is 0 Å². The van der Waals surface area contributed by atoms with Gasteiger partial charge >= 0.3 is 0 Å². The van der Waals surface area contributed by atoms with Gasteiger partial charge in [0.1, 0.15) is 0 Å². The maximum Gasteiger partial charge on any atom is 0.274 e. The van der Waals surface area contributed by atoms with Gasteiger partial charge in [0, 0.05) is 23.7 Å². The Bertz CT molecular complexity index is 485. The summed E-state index contributed by atoms with van der Waals surface area (Å²) in [6.45, 7) is 6.60. The smallest absolute Gasteiger partial charge is 0.274 e. The summed E-state index contributed by atoms with van der Waals surface area (Å²) in [4.78, 5) is 10.8. The van der Waals surface area contributed by atoms with Gasteiger partial charge in [0.05, 0.1) is 4.92 Å². The van der Waals surface area contributed by atoms with Crippen LogP contribution in [0.15, 0.2) is 24.3 Å². The van der Waals surface area contributed by atoms with E-state index in [9.17, 15) is 10.1 Å². The van der Waals surface area contributed by atoms with Crippen LogP contribution in [-0.2, 0) is 0 Å². The van der Waals surface area contributed by atoms with Gasteiger partial charge in [0.15, 0.2) is 0 Å². The molecule has 2 rings (SSSR count). The van der Waals surface area contributed by atoms with E-state index < -0.39 is 0 Å². The number of hydrogen-bond acceptors (Lipinski definition) is 3. The quantitative estimate of drug-likeness (QED) is 0.662. The standard InChI is InChI=1S/C16H24N2O2/c1-12(13-8-4-5-9-14(13)18(19)20)17-15-10-6-7-11-16(15,2)3/h4-5,8-9,12,15,17H,6-7,10-11H2,1-3H3. The van der Waals surface area contributed by atoms with Crippen LogP contribution in [-0.4, -0.2) is 11.0 Å². The Kier molecular flexibility index (Phi) is 4.43. The molecule has 1 aliphatic rings. The van der Waals surface area contributed by atoms with Crippen molar-refractivity contribution in [1.29, 1.82) is 0 Å². The summed E-state index contributed by atoms with van der Waals surface area (Å²) in [6, 6.07) is 7.45. The van der Waals surface area contributed by atoms with E-state index in [1.54, 1.807) is 12.1 Å². The molecule has 20 heavy (non-hydrogen) atoms. The Labute approximate surface area is 120 Å². The van der Waals surface area contributed by atoms with Gasteiger partial charge < -0.3 is 5.32 Å². The van der Waals surface area contributed by atoms with E-state index in [0.717, 1.165) is 12.0 Å². The van der Waals surface area contributed by atoms with Crippen molar-refractivity contribution in [3.05, 3.63) is 39.9 Å². The lowest BCUT2D eigenvalue weighted by atomic mass is 9.73. The molecule has 0 spiro atoms. The SMILES string of the molecule is CC(NC1CCCCC1(C)C)c1ccccc1[N+](=O)[O-]. The van der Waals surface area contributed by atoms with E-state index in [2.05, 4.69) is 19.2 Å². The molecule has 0 saturated heterocycles. The van der Waals surface area contributed by atoms with Crippen molar-refractivity contribution in [2.45, 2.75) is 58.5 Å². The first-order valence-electron chi connectivity index (χ1n) is 7.41. The van der Waals surface area contributed by atoms with Crippen LogP contribution in [0.4, 0.5) is 5.69 Å². The van der Waals surface area contributed by atoms with Crippen LogP contribution in [0.25, 0.3) is 0 Å². The maximum absolute atomic E-state index is 11.1. The summed E-state index contributed by atoms with van der Waals surface area (Å²) in [5.41, 5.74) is 1.25. The van der Waals surface area contributed by atoms with E-state index in [0.29, 0.717) is 6.04 Å². The maximum atomic E-state index is 11.1. The number of nitrogens with zero attached hydrogens (tertiary/aromatic N) is 1. The Morgan fingerprint density at radius 1 is 1.35 bits per heavy atom. The zero-order valence-electron chi connectivity index (χ0n) is 12.6. The number of para-hydroxylation sites is 1. The van der Waals surface area contributed by atoms with Gasteiger partial charge in [-0.1, -0.05) is 44.9 Å². The van der Waals surface area contributed by atoms with Crippen LogP contribution in [0, 0.1) is 15.5 Å². The second kappa shape index (κ2) is 5.92. The molecule has 1 aromatic rings. The molecule has 1 N–H and O–H groups in total. The third-order valence-corrected chi connectivity index (χ3v) is 4.56. The summed E-state index contributed by atoms with van der Waals surface area (Å²) in [7, 11) is 0. The third kappa shape index (κ3) is 3.18. The highest BCUT2D eigenvalue weighted by atomic mass is 16.6. The minimum absolute atomic E-state index is 0.000949. The zero-order chi connectivity index (χ0) is 14.8. The molecule has 1 aliphatic carbocycles. The zero-order valence-corrected chi connectivity index (χ0v) is 12.6. The van der Waals surface area contributed by atoms with Crippen LogP contribution < -0.4 is 5.32 Å². The average molecular weight is 276 g/mol. The molecule has 1 fully saturated rings. The first-order chi connectivity index (χ1) is 9.42. The van der Waals surface area contributed by atoms with Crippen molar-refractivity contribution in [3.63, 3.8) is 0 Å². The van der Waals surface area contributed by atoms with E-state index in [1.807, 2.05) is 19.1 Å². The molecule has 4 heteroatoms. The lowest BCUT2D eigenvalue weighted by molar-refractivity contribution is -0.385. The topological polar surface area (TPSA) is 55.2 Å². The van der Waals surface area contributed by atoms with Gasteiger partial charge in [-0.3, -0.25) is 10.1 Å². The summed E-state index contributed by atoms with van der Waals surface area (Å²) in [5.74, 6) is 0.